The maximum absolute atomic E-state index is 6.28. The molecule has 0 saturated carbocycles. The lowest BCUT2D eigenvalue weighted by Crippen LogP contribution is -2.34. The molecule has 0 radical (unpaired) electrons. The van der Waals surface area contributed by atoms with Gasteiger partial charge in [-0.25, -0.2) is 0 Å². The smallest absolute Gasteiger partial charge is 0.0787 e. The average Bonchev–Trinajstić information content (AvgIpc) is 2.55. The molecule has 6 heteroatoms. The Bertz CT molecular complexity index is 426. The minimum Gasteiger partial charge on any atom is -0.373 e. The molecule has 0 aliphatic heterocycles. The van der Waals surface area contributed by atoms with Crippen LogP contribution in [0.1, 0.15) is 95.9 Å². The van der Waals surface area contributed by atoms with E-state index in [1.54, 1.807) is 0 Å². The van der Waals surface area contributed by atoms with Crippen LogP contribution in [-0.2, 0) is 18.9 Å². The lowest BCUT2D eigenvalue weighted by atomic mass is 10.2. The standard InChI is InChI=1S/C26H58O4Si2/c1-23(2,3)27-17-21(29-25(7,8)9)19-31-15-13-14-16-32-20-22(30-26(10,11)12)18-28-24(4,5)6/h21-22H,13-20,31-32H2,1-12H3. The second kappa shape index (κ2) is 14.6. The molecule has 32 heavy (non-hydrogen) atoms. The van der Waals surface area contributed by atoms with E-state index in [-0.39, 0.29) is 53.7 Å². The van der Waals surface area contributed by atoms with Crippen molar-refractivity contribution in [1.82, 2.24) is 0 Å². The highest BCUT2D eigenvalue weighted by Gasteiger charge is 2.22. The van der Waals surface area contributed by atoms with Gasteiger partial charge in [-0.1, -0.05) is 24.9 Å². The SMILES string of the molecule is CC(C)(C)OCC(C[SiH2]CCCC[SiH2]CC(COC(C)(C)C)OC(C)(C)C)OC(C)(C)C. The molecule has 0 aliphatic rings. The molecule has 0 aromatic heterocycles. The van der Waals surface area contributed by atoms with Crippen LogP contribution in [0.25, 0.3) is 0 Å². The fourth-order valence-corrected chi connectivity index (χ4v) is 6.96. The minimum absolute atomic E-state index is 0.0990. The zero-order chi connectivity index (χ0) is 25.1. The van der Waals surface area contributed by atoms with E-state index in [0.717, 1.165) is 0 Å². The molecule has 0 aromatic carbocycles. The topological polar surface area (TPSA) is 36.9 Å². The van der Waals surface area contributed by atoms with Crippen LogP contribution in [0.5, 0.6) is 0 Å². The van der Waals surface area contributed by atoms with Crippen LogP contribution < -0.4 is 0 Å². The Morgan fingerprint density at radius 3 is 1.06 bits per heavy atom. The largest absolute Gasteiger partial charge is 0.373 e. The van der Waals surface area contributed by atoms with Gasteiger partial charge in [-0.3, -0.25) is 0 Å². The first kappa shape index (κ1) is 32.3. The summed E-state index contributed by atoms with van der Waals surface area (Å²) in [5.74, 6) is 0. The number of rotatable bonds is 15. The number of hydrogen-bond acceptors (Lipinski definition) is 4. The molecule has 0 saturated heterocycles. The summed E-state index contributed by atoms with van der Waals surface area (Å²) >= 11 is 0. The quantitative estimate of drug-likeness (QED) is 0.215. The molecular formula is C26H58O4Si2. The molecular weight excluding hydrogens is 432 g/mol. The maximum Gasteiger partial charge on any atom is 0.0787 e. The van der Waals surface area contributed by atoms with Gasteiger partial charge in [0.25, 0.3) is 0 Å². The van der Waals surface area contributed by atoms with Gasteiger partial charge in [-0.2, -0.15) is 0 Å². The van der Waals surface area contributed by atoms with Gasteiger partial charge in [0.15, 0.2) is 0 Å². The third kappa shape index (κ3) is 23.4. The van der Waals surface area contributed by atoms with Gasteiger partial charge in [-0.15, -0.1) is 0 Å². The molecule has 0 heterocycles. The van der Waals surface area contributed by atoms with Crippen LogP contribution in [0.3, 0.4) is 0 Å². The highest BCUT2D eigenvalue weighted by molar-refractivity contribution is 6.36. The zero-order valence-electron chi connectivity index (χ0n) is 23.9. The molecule has 0 spiro atoms. The predicted molar refractivity (Wildman–Crippen MR) is 146 cm³/mol. The lowest BCUT2D eigenvalue weighted by molar-refractivity contribution is -0.112. The van der Waals surface area contributed by atoms with Crippen LogP contribution >= 0.6 is 0 Å². The van der Waals surface area contributed by atoms with Gasteiger partial charge < -0.3 is 18.9 Å². The monoisotopic (exact) mass is 490 g/mol. The van der Waals surface area contributed by atoms with Crippen LogP contribution in [0, 0.1) is 0 Å². The molecule has 0 aromatic rings. The summed E-state index contributed by atoms with van der Waals surface area (Å²) < 4.78 is 24.6. The van der Waals surface area contributed by atoms with Gasteiger partial charge in [0.2, 0.25) is 0 Å². The molecule has 0 rings (SSSR count). The van der Waals surface area contributed by atoms with Gasteiger partial charge in [-0.05, 0) is 95.2 Å². The van der Waals surface area contributed by atoms with Crippen molar-refractivity contribution in [3.63, 3.8) is 0 Å². The molecule has 2 atom stereocenters. The summed E-state index contributed by atoms with van der Waals surface area (Å²) in [6, 6.07) is 5.28. The average molecular weight is 491 g/mol. The van der Waals surface area contributed by atoms with E-state index in [4.69, 9.17) is 18.9 Å². The zero-order valence-corrected chi connectivity index (χ0v) is 26.7. The van der Waals surface area contributed by atoms with E-state index in [1.807, 2.05) is 0 Å². The van der Waals surface area contributed by atoms with E-state index in [9.17, 15) is 0 Å². The summed E-state index contributed by atoms with van der Waals surface area (Å²) in [4.78, 5) is 0. The van der Waals surface area contributed by atoms with Crippen molar-refractivity contribution in [3.8, 4) is 0 Å². The van der Waals surface area contributed by atoms with E-state index < -0.39 is 0 Å². The molecule has 0 amide bonds. The van der Waals surface area contributed by atoms with Crippen LogP contribution in [-0.4, -0.2) is 66.9 Å². The molecule has 0 N–H and O–H groups in total. The van der Waals surface area contributed by atoms with Crippen molar-refractivity contribution >= 4 is 19.0 Å². The summed E-state index contributed by atoms with van der Waals surface area (Å²) in [6.45, 7) is 27.0. The van der Waals surface area contributed by atoms with Gasteiger partial charge in [0.1, 0.15) is 0 Å². The highest BCUT2D eigenvalue weighted by Crippen LogP contribution is 2.19. The van der Waals surface area contributed by atoms with Gasteiger partial charge in [0.05, 0.1) is 47.8 Å². The fourth-order valence-electron chi connectivity index (χ4n) is 3.49. The fraction of sp³-hybridized carbons (Fsp3) is 1.00. The Balaban J connectivity index is 4.17. The summed E-state index contributed by atoms with van der Waals surface area (Å²) in [5.41, 5.74) is -0.404. The molecule has 0 bridgehead atoms. The third-order valence-electron chi connectivity index (χ3n) is 4.75. The van der Waals surface area contributed by atoms with E-state index >= 15 is 0 Å². The Labute approximate surface area is 205 Å². The van der Waals surface area contributed by atoms with Crippen molar-refractivity contribution < 1.29 is 18.9 Å². The third-order valence-corrected chi connectivity index (χ3v) is 8.85. The van der Waals surface area contributed by atoms with Crippen molar-refractivity contribution in [2.24, 2.45) is 0 Å². The second-order valence-corrected chi connectivity index (χ2v) is 17.2. The summed E-state index contributed by atoms with van der Waals surface area (Å²) in [6.07, 6.45) is 3.25. The first-order valence-electron chi connectivity index (χ1n) is 13.0. The van der Waals surface area contributed by atoms with Crippen molar-refractivity contribution in [2.75, 3.05) is 13.2 Å². The summed E-state index contributed by atoms with van der Waals surface area (Å²) in [5, 5.41) is 0. The molecule has 194 valence electrons. The number of ether oxygens (including phenoxy) is 4. The normalized spacial score (nSPS) is 16.5. The first-order chi connectivity index (χ1) is 14.4. The summed E-state index contributed by atoms with van der Waals surface area (Å²) in [7, 11) is -0.201. The van der Waals surface area contributed by atoms with Gasteiger partial charge in [0, 0.05) is 19.0 Å². The van der Waals surface area contributed by atoms with Crippen molar-refractivity contribution in [1.29, 1.82) is 0 Å². The molecule has 0 aliphatic carbocycles. The number of hydrogen-bond donors (Lipinski definition) is 0. The van der Waals surface area contributed by atoms with Crippen molar-refractivity contribution in [2.45, 2.75) is 155 Å². The van der Waals surface area contributed by atoms with E-state index in [1.165, 1.54) is 37.0 Å². The Morgan fingerprint density at radius 1 is 0.500 bits per heavy atom. The maximum atomic E-state index is 6.28. The van der Waals surface area contributed by atoms with Crippen LogP contribution in [0.2, 0.25) is 24.2 Å². The second-order valence-electron chi connectivity index (χ2n) is 13.2. The lowest BCUT2D eigenvalue weighted by Gasteiger charge is -2.30. The number of unbranched alkanes of at least 4 members (excludes halogenated alkanes) is 1. The Hall–Kier alpha value is 0.274. The van der Waals surface area contributed by atoms with Crippen LogP contribution in [0.15, 0.2) is 0 Å². The Kier molecular flexibility index (Phi) is 14.7. The van der Waals surface area contributed by atoms with Crippen molar-refractivity contribution in [3.05, 3.63) is 0 Å². The first-order valence-corrected chi connectivity index (χ1v) is 17.0. The van der Waals surface area contributed by atoms with E-state index in [2.05, 4.69) is 83.1 Å². The Morgan fingerprint density at radius 2 is 0.812 bits per heavy atom. The predicted octanol–water partition coefficient (Wildman–Crippen LogP) is 5.78. The molecule has 4 nitrogen and oxygen atoms in total. The van der Waals surface area contributed by atoms with Gasteiger partial charge >= 0.3 is 0 Å². The van der Waals surface area contributed by atoms with Crippen LogP contribution in [0.4, 0.5) is 0 Å². The highest BCUT2D eigenvalue weighted by atomic mass is 28.2. The minimum atomic E-state index is -0.103. The molecule has 2 unspecified atom stereocenters. The molecule has 0 fully saturated rings. The van der Waals surface area contributed by atoms with E-state index in [0.29, 0.717) is 13.2 Å².